The number of ether oxygens (including phenoxy) is 2. The molecule has 2 aromatic heterocycles. The third-order valence-electron chi connectivity index (χ3n) is 7.04. The molecular formula is C35H33N5O4. The minimum atomic E-state index is -0.496. The van der Waals surface area contributed by atoms with Gasteiger partial charge in [0.15, 0.2) is 5.76 Å². The maximum atomic E-state index is 12.7. The van der Waals surface area contributed by atoms with E-state index in [-0.39, 0.29) is 19.0 Å². The lowest BCUT2D eigenvalue weighted by Crippen LogP contribution is -2.17. The number of nitrogens with one attached hydrogen (secondary N) is 1. The number of benzene rings is 3. The van der Waals surface area contributed by atoms with Gasteiger partial charge in [-0.3, -0.25) is 4.79 Å². The molecule has 222 valence electrons. The van der Waals surface area contributed by atoms with E-state index in [1.165, 1.54) is 6.21 Å². The van der Waals surface area contributed by atoms with Gasteiger partial charge in [-0.05, 0) is 80.6 Å². The molecule has 0 aliphatic rings. The van der Waals surface area contributed by atoms with Crippen LogP contribution in [0.25, 0.3) is 5.69 Å². The first-order chi connectivity index (χ1) is 21.3. The fourth-order valence-corrected chi connectivity index (χ4v) is 4.66. The maximum absolute atomic E-state index is 12.7. The summed E-state index contributed by atoms with van der Waals surface area (Å²) in [4.78, 5) is 14.7. The number of hydrogen-bond acceptors (Lipinski definition) is 7. The smallest absolute Gasteiger partial charge is 0.307 e. The van der Waals surface area contributed by atoms with Crippen LogP contribution in [-0.2, 0) is 13.2 Å². The van der Waals surface area contributed by atoms with Crippen LogP contribution in [0.1, 0.15) is 44.4 Å². The van der Waals surface area contributed by atoms with E-state index in [4.69, 9.17) is 13.9 Å². The van der Waals surface area contributed by atoms with Crippen LogP contribution < -0.4 is 19.8 Å². The molecule has 0 atom stereocenters. The average molecular weight is 588 g/mol. The molecule has 5 aromatic rings. The van der Waals surface area contributed by atoms with Crippen molar-refractivity contribution in [2.24, 2.45) is 5.10 Å². The summed E-state index contributed by atoms with van der Waals surface area (Å²) in [7, 11) is 3.87. The highest BCUT2D eigenvalue weighted by molar-refractivity contribution is 5.93. The molecule has 0 aliphatic heterocycles. The number of hydrogen-bond donors (Lipinski definition) is 1. The summed E-state index contributed by atoms with van der Waals surface area (Å²) in [5.41, 5.74) is 8.81. The molecule has 0 unspecified atom stereocenters. The molecule has 44 heavy (non-hydrogen) atoms. The normalized spacial score (nSPS) is 10.9. The summed E-state index contributed by atoms with van der Waals surface area (Å²) < 4.78 is 19.8. The molecule has 0 fully saturated rings. The van der Waals surface area contributed by atoms with Gasteiger partial charge >= 0.3 is 5.91 Å². The van der Waals surface area contributed by atoms with Gasteiger partial charge in [0.05, 0.1) is 17.8 Å². The first-order valence-electron chi connectivity index (χ1n) is 14.0. The Kier molecular flexibility index (Phi) is 9.11. The van der Waals surface area contributed by atoms with Gasteiger partial charge in [-0.15, -0.1) is 0 Å². The van der Waals surface area contributed by atoms with Gasteiger partial charge in [-0.1, -0.05) is 18.2 Å². The molecule has 0 radical (unpaired) electrons. The highest BCUT2D eigenvalue weighted by atomic mass is 16.5. The van der Waals surface area contributed by atoms with E-state index in [0.29, 0.717) is 28.4 Å². The molecule has 0 aliphatic carbocycles. The Balaban J connectivity index is 1.19. The number of anilines is 1. The van der Waals surface area contributed by atoms with Crippen LogP contribution in [0.4, 0.5) is 5.69 Å². The van der Waals surface area contributed by atoms with Crippen LogP contribution in [0, 0.1) is 25.2 Å². The lowest BCUT2D eigenvalue weighted by Gasteiger charge is -2.16. The number of hydrazone groups is 1. The maximum Gasteiger partial charge on any atom is 0.307 e. The van der Waals surface area contributed by atoms with Crippen molar-refractivity contribution in [3.8, 4) is 23.3 Å². The van der Waals surface area contributed by atoms with Crippen molar-refractivity contribution in [1.82, 2.24) is 9.99 Å². The number of carbonyl (C=O) groups excluding carboxylic acids is 1. The molecule has 1 amide bonds. The molecule has 0 saturated carbocycles. The summed E-state index contributed by atoms with van der Waals surface area (Å²) in [6.07, 6.45) is 1.51. The van der Waals surface area contributed by atoms with E-state index in [2.05, 4.69) is 47.1 Å². The minimum Gasteiger partial charge on any atom is -0.488 e. The SMILES string of the molecule is Cc1ccc(C)n1-c1ccc(OCc2ccc(C(=O)N/N=C/c3ccc(N(C)C)cc3OCc3ccccc3C#N)o2)cc1. The van der Waals surface area contributed by atoms with Crippen molar-refractivity contribution >= 4 is 17.8 Å². The van der Waals surface area contributed by atoms with E-state index in [0.717, 1.165) is 28.3 Å². The zero-order valence-electron chi connectivity index (χ0n) is 25.1. The molecule has 0 bridgehead atoms. The molecule has 5 rings (SSSR count). The summed E-state index contributed by atoms with van der Waals surface area (Å²) in [5, 5.41) is 13.5. The molecule has 0 saturated heterocycles. The highest BCUT2D eigenvalue weighted by Crippen LogP contribution is 2.26. The van der Waals surface area contributed by atoms with E-state index in [9.17, 15) is 10.1 Å². The van der Waals surface area contributed by atoms with E-state index in [1.807, 2.05) is 79.7 Å². The number of furan rings is 1. The van der Waals surface area contributed by atoms with Gasteiger partial charge in [0.1, 0.15) is 30.5 Å². The van der Waals surface area contributed by atoms with Gasteiger partial charge in [-0.25, -0.2) is 5.43 Å². The van der Waals surface area contributed by atoms with Gasteiger partial charge < -0.3 is 23.4 Å². The zero-order valence-corrected chi connectivity index (χ0v) is 25.1. The standard InChI is InChI=1S/C35H33N5O4/c1-24-9-10-25(2)40(24)29-13-15-31(16-14-29)42-23-32-17-18-33(44-32)35(41)38-37-21-27-11-12-30(39(3)4)19-34(27)43-22-28-8-6-5-7-26(28)20-36/h5-19,21H,22-23H2,1-4H3,(H,38,41)/b37-21+. The number of nitrogens with zero attached hydrogens (tertiary/aromatic N) is 4. The topological polar surface area (TPSA) is 105 Å². The second-order valence-corrected chi connectivity index (χ2v) is 10.4. The van der Waals surface area contributed by atoms with E-state index >= 15 is 0 Å². The fraction of sp³-hybridized carbons (Fsp3) is 0.171. The molecular weight excluding hydrogens is 554 g/mol. The van der Waals surface area contributed by atoms with Gasteiger partial charge in [0.2, 0.25) is 0 Å². The third-order valence-corrected chi connectivity index (χ3v) is 7.04. The highest BCUT2D eigenvalue weighted by Gasteiger charge is 2.12. The second-order valence-electron chi connectivity index (χ2n) is 10.4. The Morgan fingerprint density at radius 1 is 0.955 bits per heavy atom. The predicted molar refractivity (Wildman–Crippen MR) is 170 cm³/mol. The number of rotatable bonds is 11. The van der Waals surface area contributed by atoms with Gasteiger partial charge in [0, 0.05) is 54.1 Å². The van der Waals surface area contributed by atoms with Crippen LogP contribution in [0.5, 0.6) is 11.5 Å². The van der Waals surface area contributed by atoms with Gasteiger partial charge in [-0.2, -0.15) is 10.4 Å². The second kappa shape index (κ2) is 13.5. The van der Waals surface area contributed by atoms with Crippen molar-refractivity contribution in [2.45, 2.75) is 27.1 Å². The number of aryl methyl sites for hydroxylation is 2. The Bertz CT molecular complexity index is 1810. The number of nitriles is 1. The molecule has 9 nitrogen and oxygen atoms in total. The lowest BCUT2D eigenvalue weighted by atomic mass is 10.1. The molecule has 0 spiro atoms. The van der Waals surface area contributed by atoms with Crippen molar-refractivity contribution in [2.75, 3.05) is 19.0 Å². The monoisotopic (exact) mass is 587 g/mol. The largest absolute Gasteiger partial charge is 0.488 e. The molecule has 3 aromatic carbocycles. The fourth-order valence-electron chi connectivity index (χ4n) is 4.66. The molecule has 2 heterocycles. The number of carbonyl (C=O) groups is 1. The molecule has 9 heteroatoms. The van der Waals surface area contributed by atoms with Crippen molar-refractivity contribution in [3.63, 3.8) is 0 Å². The Morgan fingerprint density at radius 2 is 1.70 bits per heavy atom. The minimum absolute atomic E-state index is 0.113. The summed E-state index contributed by atoms with van der Waals surface area (Å²) >= 11 is 0. The van der Waals surface area contributed by atoms with Crippen LogP contribution >= 0.6 is 0 Å². The summed E-state index contributed by atoms with van der Waals surface area (Å²) in [6.45, 7) is 4.52. The first-order valence-corrected chi connectivity index (χ1v) is 14.0. The van der Waals surface area contributed by atoms with Crippen LogP contribution in [0.3, 0.4) is 0 Å². The zero-order chi connectivity index (χ0) is 31.1. The van der Waals surface area contributed by atoms with Crippen LogP contribution in [0.15, 0.2) is 101 Å². The van der Waals surface area contributed by atoms with Gasteiger partial charge in [0.25, 0.3) is 0 Å². The van der Waals surface area contributed by atoms with Crippen molar-refractivity contribution < 1.29 is 18.7 Å². The van der Waals surface area contributed by atoms with Crippen molar-refractivity contribution in [3.05, 3.63) is 131 Å². The Hall–Kier alpha value is -5.75. The third kappa shape index (κ3) is 6.99. The summed E-state index contributed by atoms with van der Waals surface area (Å²) in [5.74, 6) is 1.38. The van der Waals surface area contributed by atoms with Crippen molar-refractivity contribution in [1.29, 1.82) is 5.26 Å². The Labute approximate surface area is 256 Å². The predicted octanol–water partition coefficient (Wildman–Crippen LogP) is 6.55. The van der Waals surface area contributed by atoms with E-state index in [1.54, 1.807) is 18.2 Å². The number of amides is 1. The number of aromatic nitrogens is 1. The van der Waals surface area contributed by atoms with Crippen LogP contribution in [-0.4, -0.2) is 30.8 Å². The average Bonchev–Trinajstić information content (AvgIpc) is 3.65. The molecule has 1 N–H and O–H groups in total. The van der Waals surface area contributed by atoms with E-state index < -0.39 is 5.91 Å². The quantitative estimate of drug-likeness (QED) is 0.139. The Morgan fingerprint density at radius 3 is 2.43 bits per heavy atom. The first kappa shape index (κ1) is 29.7. The van der Waals surface area contributed by atoms with Crippen LogP contribution in [0.2, 0.25) is 0 Å². The summed E-state index contributed by atoms with van der Waals surface area (Å²) in [6, 6.07) is 30.4. The lowest BCUT2D eigenvalue weighted by molar-refractivity contribution is 0.0923.